The van der Waals surface area contributed by atoms with Crippen LogP contribution in [0.5, 0.6) is 11.5 Å². The molecule has 1 fully saturated rings. The fraction of sp³-hybridized carbons (Fsp3) is 0.267. The van der Waals surface area contributed by atoms with Crippen LogP contribution in [0.25, 0.3) is 0 Å². The van der Waals surface area contributed by atoms with Crippen molar-refractivity contribution < 1.29 is 33.8 Å². The molecule has 0 heterocycles. The summed E-state index contributed by atoms with van der Waals surface area (Å²) in [7, 11) is 1.57. The summed E-state index contributed by atoms with van der Waals surface area (Å²) in [5.74, 6) is -0.979. The third-order valence-corrected chi connectivity index (χ3v) is 6.51. The number of carbonyl (C=O) groups excluding carboxylic acids is 3. The number of hydrogen-bond donors (Lipinski definition) is 2. The second-order valence-corrected chi connectivity index (χ2v) is 9.40. The molecule has 9 nitrogen and oxygen atoms in total. The Labute approximate surface area is 226 Å². The van der Waals surface area contributed by atoms with E-state index in [1.165, 1.54) is 4.90 Å². The minimum atomic E-state index is -1.14. The van der Waals surface area contributed by atoms with E-state index in [1.807, 2.05) is 12.1 Å². The Hall–Kier alpha value is -4.66. The average molecular weight is 531 g/mol. The third-order valence-electron chi connectivity index (χ3n) is 6.51. The average Bonchev–Trinajstić information content (AvgIpc) is 2.88. The lowest BCUT2D eigenvalue weighted by Gasteiger charge is -2.23. The predicted octanol–water partition coefficient (Wildman–Crippen LogP) is 4.31. The maximum absolute atomic E-state index is 13.1. The third kappa shape index (κ3) is 7.67. The van der Waals surface area contributed by atoms with Crippen molar-refractivity contribution in [3.8, 4) is 11.5 Å². The molecule has 9 heteroatoms. The van der Waals surface area contributed by atoms with Gasteiger partial charge in [0.05, 0.1) is 19.4 Å². The topological polar surface area (TPSA) is 122 Å². The maximum atomic E-state index is 13.1. The Morgan fingerprint density at radius 2 is 1.49 bits per heavy atom. The van der Waals surface area contributed by atoms with Crippen LogP contribution in [0, 0.1) is 5.92 Å². The molecule has 39 heavy (non-hydrogen) atoms. The van der Waals surface area contributed by atoms with Crippen molar-refractivity contribution in [3.05, 3.63) is 89.5 Å². The number of carbonyl (C=O) groups is 4. The largest absolute Gasteiger partial charge is 0.497 e. The minimum Gasteiger partial charge on any atom is -0.497 e. The molecule has 4 rings (SSSR count). The number of rotatable bonds is 11. The lowest BCUT2D eigenvalue weighted by molar-refractivity contribution is -0.141. The van der Waals surface area contributed by atoms with Crippen molar-refractivity contribution in [1.29, 1.82) is 0 Å². The molecular formula is C30H30N2O7. The van der Waals surface area contributed by atoms with Crippen LogP contribution in [-0.2, 0) is 27.3 Å². The van der Waals surface area contributed by atoms with E-state index < -0.39 is 18.4 Å². The van der Waals surface area contributed by atoms with Gasteiger partial charge in [-0.05, 0) is 72.5 Å². The zero-order chi connectivity index (χ0) is 27.8. The SMILES string of the molecule is COc1ccc(CC(=O)Nc2ccc(C(=O)N(CC(=O)O)Cc3ccc(OC(=O)C4CCC4)cc3)cc2)cc1. The van der Waals surface area contributed by atoms with E-state index in [-0.39, 0.29) is 36.3 Å². The molecule has 0 spiro atoms. The Morgan fingerprint density at radius 1 is 0.872 bits per heavy atom. The Balaban J connectivity index is 1.35. The highest BCUT2D eigenvalue weighted by Gasteiger charge is 2.27. The van der Waals surface area contributed by atoms with Crippen molar-refractivity contribution in [2.24, 2.45) is 5.92 Å². The highest BCUT2D eigenvalue weighted by molar-refractivity contribution is 5.97. The van der Waals surface area contributed by atoms with Gasteiger partial charge >= 0.3 is 11.9 Å². The summed E-state index contributed by atoms with van der Waals surface area (Å²) in [4.78, 5) is 50.3. The zero-order valence-electron chi connectivity index (χ0n) is 21.6. The number of carboxylic acid groups (broad SMARTS) is 1. The van der Waals surface area contributed by atoms with Gasteiger partial charge in [-0.25, -0.2) is 0 Å². The molecule has 0 atom stereocenters. The number of amides is 2. The number of esters is 1. The number of carboxylic acids is 1. The normalized spacial score (nSPS) is 12.6. The Morgan fingerprint density at radius 3 is 2.05 bits per heavy atom. The summed E-state index contributed by atoms with van der Waals surface area (Å²) in [6, 6.07) is 20.2. The van der Waals surface area contributed by atoms with E-state index in [1.54, 1.807) is 67.8 Å². The zero-order valence-corrected chi connectivity index (χ0v) is 21.6. The van der Waals surface area contributed by atoms with Gasteiger partial charge in [0, 0.05) is 17.8 Å². The van der Waals surface area contributed by atoms with Gasteiger partial charge in [-0.1, -0.05) is 30.7 Å². The highest BCUT2D eigenvalue weighted by Crippen LogP contribution is 2.28. The molecule has 0 aliphatic heterocycles. The number of anilines is 1. The lowest BCUT2D eigenvalue weighted by atomic mass is 9.86. The molecule has 1 saturated carbocycles. The van der Waals surface area contributed by atoms with Gasteiger partial charge in [0.2, 0.25) is 5.91 Å². The van der Waals surface area contributed by atoms with Crippen LogP contribution in [0.4, 0.5) is 5.69 Å². The molecular weight excluding hydrogens is 500 g/mol. The van der Waals surface area contributed by atoms with E-state index in [0.717, 1.165) is 24.8 Å². The summed E-state index contributed by atoms with van der Waals surface area (Å²) in [6.07, 6.45) is 2.91. The first kappa shape index (κ1) is 27.4. The molecule has 202 valence electrons. The van der Waals surface area contributed by atoms with Gasteiger partial charge in [-0.3, -0.25) is 19.2 Å². The highest BCUT2D eigenvalue weighted by atomic mass is 16.5. The predicted molar refractivity (Wildman–Crippen MR) is 144 cm³/mol. The number of nitrogens with zero attached hydrogens (tertiary/aromatic N) is 1. The van der Waals surface area contributed by atoms with Gasteiger partial charge in [-0.2, -0.15) is 0 Å². The molecule has 0 bridgehead atoms. The van der Waals surface area contributed by atoms with Crippen molar-refractivity contribution >= 4 is 29.4 Å². The molecule has 1 aliphatic carbocycles. The van der Waals surface area contributed by atoms with E-state index in [4.69, 9.17) is 9.47 Å². The first-order chi connectivity index (χ1) is 18.8. The summed E-state index contributed by atoms with van der Waals surface area (Å²) < 4.78 is 10.5. The van der Waals surface area contributed by atoms with Gasteiger partial charge in [0.25, 0.3) is 5.91 Å². The quantitative estimate of drug-likeness (QED) is 0.280. The summed E-state index contributed by atoms with van der Waals surface area (Å²) in [6.45, 7) is -0.431. The van der Waals surface area contributed by atoms with Crippen molar-refractivity contribution in [3.63, 3.8) is 0 Å². The second-order valence-electron chi connectivity index (χ2n) is 9.40. The number of hydrogen-bond acceptors (Lipinski definition) is 6. The molecule has 0 radical (unpaired) electrons. The summed E-state index contributed by atoms with van der Waals surface area (Å²) >= 11 is 0. The molecule has 3 aromatic carbocycles. The molecule has 3 aromatic rings. The van der Waals surface area contributed by atoms with Gasteiger partial charge in [0.1, 0.15) is 18.0 Å². The molecule has 0 unspecified atom stereocenters. The number of methoxy groups -OCH3 is 1. The van der Waals surface area contributed by atoms with Crippen LogP contribution >= 0.6 is 0 Å². The van der Waals surface area contributed by atoms with Gasteiger partial charge in [0.15, 0.2) is 0 Å². The van der Waals surface area contributed by atoms with Gasteiger partial charge < -0.3 is 24.8 Å². The summed E-state index contributed by atoms with van der Waals surface area (Å²) in [5, 5.41) is 12.2. The summed E-state index contributed by atoms with van der Waals surface area (Å²) in [5.41, 5.74) is 2.32. The second kappa shape index (κ2) is 12.7. The first-order valence-electron chi connectivity index (χ1n) is 12.7. The fourth-order valence-corrected chi connectivity index (χ4v) is 4.10. The number of nitrogens with one attached hydrogen (secondary N) is 1. The van der Waals surface area contributed by atoms with Crippen LogP contribution in [0.3, 0.4) is 0 Å². The van der Waals surface area contributed by atoms with Crippen LogP contribution < -0.4 is 14.8 Å². The molecule has 2 N–H and O–H groups in total. The first-order valence-corrected chi connectivity index (χ1v) is 12.7. The minimum absolute atomic E-state index is 0.0402. The number of aliphatic carboxylic acids is 1. The smallest absolute Gasteiger partial charge is 0.323 e. The van der Waals surface area contributed by atoms with Crippen LogP contribution in [-0.4, -0.2) is 47.4 Å². The standard InChI is InChI=1S/C30H30N2O7/c1-38-25-13-5-20(6-14-25)17-27(33)31-24-11-9-22(10-12-24)29(36)32(19-28(34)35)18-21-7-15-26(16-8-21)39-30(37)23-3-2-4-23/h5-16,23H,2-4,17-19H2,1H3,(H,31,33)(H,34,35). The molecule has 0 saturated heterocycles. The van der Waals surface area contributed by atoms with Crippen molar-refractivity contribution in [2.45, 2.75) is 32.2 Å². The maximum Gasteiger partial charge on any atom is 0.323 e. The van der Waals surface area contributed by atoms with Crippen LogP contribution in [0.2, 0.25) is 0 Å². The molecule has 0 aromatic heterocycles. The van der Waals surface area contributed by atoms with E-state index in [9.17, 15) is 24.3 Å². The van der Waals surface area contributed by atoms with E-state index in [0.29, 0.717) is 22.7 Å². The lowest BCUT2D eigenvalue weighted by Crippen LogP contribution is -2.35. The monoisotopic (exact) mass is 530 g/mol. The van der Waals surface area contributed by atoms with Crippen molar-refractivity contribution in [2.75, 3.05) is 19.0 Å². The number of benzene rings is 3. The molecule has 2 amide bonds. The van der Waals surface area contributed by atoms with E-state index in [2.05, 4.69) is 5.32 Å². The van der Waals surface area contributed by atoms with E-state index >= 15 is 0 Å². The number of ether oxygens (including phenoxy) is 2. The van der Waals surface area contributed by atoms with Gasteiger partial charge in [-0.15, -0.1) is 0 Å². The Bertz CT molecular complexity index is 1310. The van der Waals surface area contributed by atoms with Crippen molar-refractivity contribution in [1.82, 2.24) is 4.90 Å². The van der Waals surface area contributed by atoms with Crippen LogP contribution in [0.1, 0.15) is 40.7 Å². The molecule has 1 aliphatic rings. The fourth-order valence-electron chi connectivity index (χ4n) is 4.10. The van der Waals surface area contributed by atoms with Crippen LogP contribution in [0.15, 0.2) is 72.8 Å². The Kier molecular flexibility index (Phi) is 8.94.